The molecule has 1 aromatic heterocycles. The molecule has 0 radical (unpaired) electrons. The number of nitrogens with zero attached hydrogens (tertiary/aromatic N) is 3. The minimum absolute atomic E-state index is 0.0374. The zero-order valence-electron chi connectivity index (χ0n) is 11.0. The van der Waals surface area contributed by atoms with Gasteiger partial charge in [-0.05, 0) is 29.5 Å². The summed E-state index contributed by atoms with van der Waals surface area (Å²) in [6.45, 7) is 0.432. The van der Waals surface area contributed by atoms with Gasteiger partial charge in [-0.3, -0.25) is 0 Å². The van der Waals surface area contributed by atoms with E-state index in [9.17, 15) is 10.2 Å². The molecule has 0 aliphatic heterocycles. The fourth-order valence-electron chi connectivity index (χ4n) is 1.95. The van der Waals surface area contributed by atoms with Crippen LogP contribution in [0.15, 0.2) is 42.5 Å². The molecule has 2 aromatic carbocycles. The molecule has 4 N–H and O–H groups in total. The second kappa shape index (κ2) is 5.49. The Morgan fingerprint density at radius 3 is 2.76 bits per heavy atom. The third kappa shape index (κ3) is 2.92. The maximum Gasteiger partial charge on any atom is 0.204 e. The molecule has 0 saturated carbocycles. The number of nitrogens with one attached hydrogen (secondary N) is 2. The molecule has 0 unspecified atom stereocenters. The summed E-state index contributed by atoms with van der Waals surface area (Å²) in [7, 11) is 0. The normalized spacial score (nSPS) is 10.5. The van der Waals surface area contributed by atoms with Gasteiger partial charge in [-0.2, -0.15) is 5.21 Å². The van der Waals surface area contributed by atoms with Crippen molar-refractivity contribution in [3.63, 3.8) is 0 Å². The Morgan fingerprint density at radius 1 is 1.10 bits per heavy atom. The Balaban J connectivity index is 1.75. The number of aromatic nitrogens is 4. The van der Waals surface area contributed by atoms with Gasteiger partial charge in [-0.25, -0.2) is 0 Å². The molecule has 0 fully saturated rings. The van der Waals surface area contributed by atoms with Crippen LogP contribution in [0.5, 0.6) is 11.5 Å². The second-order valence-corrected chi connectivity index (χ2v) is 4.48. The molecule has 0 saturated heterocycles. The van der Waals surface area contributed by atoms with Gasteiger partial charge in [0.15, 0.2) is 0 Å². The van der Waals surface area contributed by atoms with Crippen LogP contribution in [0.4, 0.5) is 5.69 Å². The van der Waals surface area contributed by atoms with Crippen molar-refractivity contribution >= 4 is 5.69 Å². The number of hydrogen-bond donors (Lipinski definition) is 4. The van der Waals surface area contributed by atoms with Gasteiger partial charge in [0.2, 0.25) is 5.82 Å². The van der Waals surface area contributed by atoms with Crippen LogP contribution in [0.3, 0.4) is 0 Å². The summed E-state index contributed by atoms with van der Waals surface area (Å²) < 4.78 is 0. The van der Waals surface area contributed by atoms with E-state index in [2.05, 4.69) is 25.9 Å². The Kier molecular flexibility index (Phi) is 3.38. The molecule has 21 heavy (non-hydrogen) atoms. The van der Waals surface area contributed by atoms with Gasteiger partial charge in [0, 0.05) is 29.4 Å². The van der Waals surface area contributed by atoms with Gasteiger partial charge in [-0.15, -0.1) is 10.2 Å². The average molecular weight is 283 g/mol. The SMILES string of the molecule is Oc1ccc(CNc2cccc(-c3nn[nH]n3)c2)c(O)c1. The molecule has 3 aromatic rings. The van der Waals surface area contributed by atoms with E-state index in [4.69, 9.17) is 0 Å². The van der Waals surface area contributed by atoms with Crippen LogP contribution >= 0.6 is 0 Å². The van der Waals surface area contributed by atoms with Crippen LogP contribution in [0.25, 0.3) is 11.4 Å². The highest BCUT2D eigenvalue weighted by molar-refractivity contribution is 5.61. The molecule has 3 rings (SSSR count). The number of tetrazole rings is 1. The fourth-order valence-corrected chi connectivity index (χ4v) is 1.95. The maximum atomic E-state index is 9.74. The molecular weight excluding hydrogens is 270 g/mol. The summed E-state index contributed by atoms with van der Waals surface area (Å²) in [4.78, 5) is 0. The number of benzene rings is 2. The molecule has 106 valence electrons. The number of aromatic amines is 1. The zero-order valence-corrected chi connectivity index (χ0v) is 11.0. The van der Waals surface area contributed by atoms with Crippen molar-refractivity contribution in [3.05, 3.63) is 48.0 Å². The Morgan fingerprint density at radius 2 is 2.00 bits per heavy atom. The van der Waals surface area contributed by atoms with E-state index in [-0.39, 0.29) is 11.5 Å². The average Bonchev–Trinajstić information content (AvgIpc) is 3.01. The van der Waals surface area contributed by atoms with Crippen LogP contribution in [0.2, 0.25) is 0 Å². The van der Waals surface area contributed by atoms with Crippen molar-refractivity contribution in [2.75, 3.05) is 5.32 Å². The quantitative estimate of drug-likeness (QED) is 0.582. The van der Waals surface area contributed by atoms with Gasteiger partial charge >= 0.3 is 0 Å². The summed E-state index contributed by atoms with van der Waals surface area (Å²) in [6, 6.07) is 12.1. The summed E-state index contributed by atoms with van der Waals surface area (Å²) >= 11 is 0. The first-order valence-electron chi connectivity index (χ1n) is 6.31. The number of aromatic hydroxyl groups is 2. The largest absolute Gasteiger partial charge is 0.508 e. The summed E-state index contributed by atoms with van der Waals surface area (Å²) in [5, 5.41) is 36.0. The topological polar surface area (TPSA) is 107 Å². The molecular formula is C14H13N5O2. The van der Waals surface area contributed by atoms with Crippen molar-refractivity contribution < 1.29 is 10.2 Å². The van der Waals surface area contributed by atoms with Gasteiger partial charge in [0.1, 0.15) is 11.5 Å². The number of hydrogen-bond acceptors (Lipinski definition) is 6. The van der Waals surface area contributed by atoms with Crippen LogP contribution in [-0.4, -0.2) is 30.8 Å². The monoisotopic (exact) mass is 283 g/mol. The smallest absolute Gasteiger partial charge is 0.204 e. The van der Waals surface area contributed by atoms with E-state index in [0.717, 1.165) is 11.3 Å². The number of anilines is 1. The lowest BCUT2D eigenvalue weighted by molar-refractivity contribution is 0.446. The predicted molar refractivity (Wildman–Crippen MR) is 76.7 cm³/mol. The van der Waals surface area contributed by atoms with E-state index in [1.807, 2.05) is 24.3 Å². The number of phenols is 2. The highest BCUT2D eigenvalue weighted by Crippen LogP contribution is 2.24. The lowest BCUT2D eigenvalue weighted by atomic mass is 10.1. The first-order valence-corrected chi connectivity index (χ1v) is 6.31. The molecule has 1 heterocycles. The zero-order chi connectivity index (χ0) is 14.7. The van der Waals surface area contributed by atoms with Crippen molar-refractivity contribution in [2.24, 2.45) is 0 Å². The van der Waals surface area contributed by atoms with Gasteiger partial charge in [0.25, 0.3) is 0 Å². The Hall–Kier alpha value is -3.09. The van der Waals surface area contributed by atoms with Crippen molar-refractivity contribution in [1.82, 2.24) is 20.6 Å². The molecule has 0 spiro atoms. The third-order valence-electron chi connectivity index (χ3n) is 3.02. The van der Waals surface area contributed by atoms with Crippen LogP contribution in [-0.2, 0) is 6.54 Å². The standard InChI is InChI=1S/C14H13N5O2/c20-12-5-4-10(13(21)7-12)8-15-11-3-1-2-9(6-11)14-16-18-19-17-14/h1-7,15,20-21H,8H2,(H,16,17,18,19). The van der Waals surface area contributed by atoms with Crippen molar-refractivity contribution in [2.45, 2.75) is 6.54 Å². The summed E-state index contributed by atoms with van der Waals surface area (Å²) in [5.74, 6) is 0.610. The Labute approximate surface area is 120 Å². The van der Waals surface area contributed by atoms with E-state index >= 15 is 0 Å². The summed E-state index contributed by atoms with van der Waals surface area (Å²) in [5.41, 5.74) is 2.39. The van der Waals surface area contributed by atoms with Gasteiger partial charge in [0.05, 0.1) is 0 Å². The number of rotatable bonds is 4. The maximum absolute atomic E-state index is 9.74. The van der Waals surface area contributed by atoms with E-state index in [1.165, 1.54) is 12.1 Å². The van der Waals surface area contributed by atoms with E-state index in [0.29, 0.717) is 17.9 Å². The van der Waals surface area contributed by atoms with E-state index in [1.54, 1.807) is 6.07 Å². The molecule has 0 amide bonds. The molecule has 0 bridgehead atoms. The highest BCUT2D eigenvalue weighted by atomic mass is 16.3. The molecule has 7 nitrogen and oxygen atoms in total. The van der Waals surface area contributed by atoms with Crippen molar-refractivity contribution in [3.8, 4) is 22.9 Å². The fraction of sp³-hybridized carbons (Fsp3) is 0.0714. The van der Waals surface area contributed by atoms with Crippen LogP contribution in [0.1, 0.15) is 5.56 Å². The van der Waals surface area contributed by atoms with Gasteiger partial charge < -0.3 is 15.5 Å². The summed E-state index contributed by atoms with van der Waals surface area (Å²) in [6.07, 6.45) is 0. The molecule has 0 atom stereocenters. The van der Waals surface area contributed by atoms with Crippen LogP contribution < -0.4 is 5.32 Å². The second-order valence-electron chi connectivity index (χ2n) is 4.48. The number of H-pyrrole nitrogens is 1. The third-order valence-corrected chi connectivity index (χ3v) is 3.02. The molecule has 0 aliphatic rings. The lowest BCUT2D eigenvalue weighted by Gasteiger charge is -2.09. The minimum atomic E-state index is 0.0374. The predicted octanol–water partition coefficient (Wildman–Crippen LogP) is 1.89. The van der Waals surface area contributed by atoms with E-state index < -0.39 is 0 Å². The number of phenolic OH excluding ortho intramolecular Hbond substituents is 2. The van der Waals surface area contributed by atoms with Gasteiger partial charge in [-0.1, -0.05) is 12.1 Å². The van der Waals surface area contributed by atoms with Crippen molar-refractivity contribution in [1.29, 1.82) is 0 Å². The minimum Gasteiger partial charge on any atom is -0.508 e. The Bertz CT molecular complexity index is 743. The molecule has 0 aliphatic carbocycles. The first kappa shape index (κ1) is 12.9. The lowest BCUT2D eigenvalue weighted by Crippen LogP contribution is -1.99. The molecule has 7 heteroatoms. The highest BCUT2D eigenvalue weighted by Gasteiger charge is 2.05. The van der Waals surface area contributed by atoms with Crippen LogP contribution in [0, 0.1) is 0 Å². The first-order chi connectivity index (χ1) is 10.2.